The van der Waals surface area contributed by atoms with Crippen molar-refractivity contribution in [2.75, 3.05) is 11.1 Å². The molecule has 0 bridgehead atoms. The normalized spacial score (nSPS) is 10.8. The number of benzene rings is 2. The van der Waals surface area contributed by atoms with Crippen molar-refractivity contribution >= 4 is 23.4 Å². The van der Waals surface area contributed by atoms with E-state index >= 15 is 0 Å². The summed E-state index contributed by atoms with van der Waals surface area (Å²) in [5, 5.41) is 11.1. The van der Waals surface area contributed by atoms with Crippen LogP contribution < -0.4 is 16.6 Å². The van der Waals surface area contributed by atoms with Gasteiger partial charge < -0.3 is 10.3 Å². The van der Waals surface area contributed by atoms with Crippen LogP contribution >= 0.6 is 11.8 Å². The number of aromatic amines is 2. The topological polar surface area (TPSA) is 126 Å². The molecular formula is C21H16F2N6O3S. The van der Waals surface area contributed by atoms with Crippen LogP contribution in [0.5, 0.6) is 0 Å². The van der Waals surface area contributed by atoms with Gasteiger partial charge in [-0.25, -0.2) is 13.6 Å². The Balaban J connectivity index is 1.57. The van der Waals surface area contributed by atoms with Gasteiger partial charge in [-0.15, -0.1) is 10.2 Å². The van der Waals surface area contributed by atoms with Gasteiger partial charge in [0.05, 0.1) is 11.4 Å². The number of carbonyl (C=O) groups is 1. The molecule has 0 aliphatic rings. The maximum atomic E-state index is 13.8. The summed E-state index contributed by atoms with van der Waals surface area (Å²) in [7, 11) is 0. The fourth-order valence-corrected chi connectivity index (χ4v) is 3.81. The quantitative estimate of drug-likeness (QED) is 0.356. The van der Waals surface area contributed by atoms with Crippen LogP contribution in [0.3, 0.4) is 0 Å². The zero-order valence-corrected chi connectivity index (χ0v) is 17.7. The molecule has 0 saturated heterocycles. The van der Waals surface area contributed by atoms with Gasteiger partial charge in [0.15, 0.2) is 5.16 Å². The smallest absolute Gasteiger partial charge is 0.323 e. The molecule has 9 nitrogen and oxygen atoms in total. The molecule has 3 N–H and O–H groups in total. The highest BCUT2D eigenvalue weighted by Gasteiger charge is 2.17. The number of halogens is 2. The predicted molar refractivity (Wildman–Crippen MR) is 118 cm³/mol. The maximum Gasteiger partial charge on any atom is 0.325 e. The van der Waals surface area contributed by atoms with E-state index in [4.69, 9.17) is 0 Å². The summed E-state index contributed by atoms with van der Waals surface area (Å²) in [5.41, 5.74) is -0.265. The highest BCUT2D eigenvalue weighted by atomic mass is 32.2. The number of carbonyl (C=O) groups excluding carboxylic acids is 1. The lowest BCUT2D eigenvalue weighted by molar-refractivity contribution is -0.113. The average Bonchev–Trinajstić information content (AvgIpc) is 3.16. The van der Waals surface area contributed by atoms with Gasteiger partial charge in [-0.1, -0.05) is 30.0 Å². The van der Waals surface area contributed by atoms with Crippen molar-refractivity contribution in [3.05, 3.63) is 98.6 Å². The van der Waals surface area contributed by atoms with Crippen LogP contribution in [-0.4, -0.2) is 36.4 Å². The first-order chi connectivity index (χ1) is 15.9. The van der Waals surface area contributed by atoms with Crippen LogP contribution in [0.1, 0.15) is 11.5 Å². The standard InChI is InChI=1S/C21H16F2N6O3S/c22-12-6-7-16(15(23)8-12)25-19(31)11-33-21-28-27-17(29(21)14-4-2-1-3-5-14)9-13-10-18(30)26-20(32)24-13/h1-8,10H,9,11H2,(H,25,31)(H2,24,26,30,32). The van der Waals surface area contributed by atoms with Gasteiger partial charge in [-0.3, -0.25) is 19.1 Å². The third kappa shape index (κ3) is 5.41. The number of nitrogens with zero attached hydrogens (tertiary/aromatic N) is 3. The molecule has 168 valence electrons. The van der Waals surface area contributed by atoms with Gasteiger partial charge in [0.25, 0.3) is 5.56 Å². The third-order valence-corrected chi connectivity index (χ3v) is 5.35. The number of amides is 1. The lowest BCUT2D eigenvalue weighted by Gasteiger charge is -2.10. The molecule has 4 rings (SSSR count). The molecule has 0 saturated carbocycles. The van der Waals surface area contributed by atoms with Crippen molar-refractivity contribution in [2.45, 2.75) is 11.6 Å². The number of hydrogen-bond donors (Lipinski definition) is 3. The average molecular weight is 470 g/mol. The SMILES string of the molecule is O=C(CSc1nnc(Cc2cc(=O)[nH]c(=O)[nH]2)n1-c1ccccc1)Nc1ccc(F)cc1F. The van der Waals surface area contributed by atoms with Gasteiger partial charge in [0, 0.05) is 29.9 Å². The lowest BCUT2D eigenvalue weighted by atomic mass is 10.2. The third-order valence-electron chi connectivity index (χ3n) is 4.42. The van der Waals surface area contributed by atoms with E-state index in [0.29, 0.717) is 28.4 Å². The Bertz CT molecular complexity index is 1390. The summed E-state index contributed by atoms with van der Waals surface area (Å²) in [6.45, 7) is 0. The minimum absolute atomic E-state index is 0.106. The second-order valence-corrected chi connectivity index (χ2v) is 7.76. The van der Waals surface area contributed by atoms with Crippen molar-refractivity contribution in [3.63, 3.8) is 0 Å². The fraction of sp³-hybridized carbons (Fsp3) is 0.0952. The number of rotatable bonds is 7. The molecule has 2 aromatic heterocycles. The minimum Gasteiger partial charge on any atom is -0.323 e. The van der Waals surface area contributed by atoms with Crippen LogP contribution in [0.2, 0.25) is 0 Å². The number of nitrogens with one attached hydrogen (secondary N) is 3. The maximum absolute atomic E-state index is 13.8. The minimum atomic E-state index is -0.880. The first-order valence-corrected chi connectivity index (χ1v) is 10.6. The summed E-state index contributed by atoms with van der Waals surface area (Å²) < 4.78 is 28.5. The summed E-state index contributed by atoms with van der Waals surface area (Å²) >= 11 is 1.06. The Morgan fingerprint density at radius 2 is 1.82 bits per heavy atom. The molecular weight excluding hydrogens is 454 g/mol. The Kier molecular flexibility index (Phi) is 6.45. The van der Waals surface area contributed by atoms with E-state index in [9.17, 15) is 23.2 Å². The molecule has 2 aromatic carbocycles. The molecule has 0 aliphatic carbocycles. The van der Waals surface area contributed by atoms with E-state index in [0.717, 1.165) is 23.9 Å². The number of thioether (sulfide) groups is 1. The highest BCUT2D eigenvalue weighted by Crippen LogP contribution is 2.23. The number of hydrogen-bond acceptors (Lipinski definition) is 6. The van der Waals surface area contributed by atoms with Crippen molar-refractivity contribution in [2.24, 2.45) is 0 Å². The molecule has 2 heterocycles. The molecule has 0 atom stereocenters. The van der Waals surface area contributed by atoms with Gasteiger partial charge in [-0.05, 0) is 24.3 Å². The van der Waals surface area contributed by atoms with Gasteiger partial charge in [0.2, 0.25) is 5.91 Å². The van der Waals surface area contributed by atoms with Crippen LogP contribution in [0.4, 0.5) is 14.5 Å². The summed E-state index contributed by atoms with van der Waals surface area (Å²) in [6.07, 6.45) is 0.106. The summed E-state index contributed by atoms with van der Waals surface area (Å²) in [5.74, 6) is -1.84. The van der Waals surface area contributed by atoms with E-state index in [-0.39, 0.29) is 17.9 Å². The Morgan fingerprint density at radius 3 is 2.55 bits per heavy atom. The predicted octanol–water partition coefficient (Wildman–Crippen LogP) is 2.24. The van der Waals surface area contributed by atoms with Crippen LogP contribution in [0, 0.1) is 11.6 Å². The summed E-state index contributed by atoms with van der Waals surface area (Å²) in [4.78, 5) is 40.2. The Morgan fingerprint density at radius 1 is 1.03 bits per heavy atom. The molecule has 12 heteroatoms. The van der Waals surface area contributed by atoms with Gasteiger partial charge in [0.1, 0.15) is 17.5 Å². The molecule has 33 heavy (non-hydrogen) atoms. The molecule has 0 spiro atoms. The van der Waals surface area contributed by atoms with Crippen LogP contribution in [0.25, 0.3) is 5.69 Å². The van der Waals surface area contributed by atoms with Gasteiger partial charge >= 0.3 is 5.69 Å². The van der Waals surface area contributed by atoms with E-state index in [1.807, 2.05) is 30.3 Å². The van der Waals surface area contributed by atoms with E-state index < -0.39 is 28.8 Å². The van der Waals surface area contributed by atoms with E-state index in [2.05, 4.69) is 25.5 Å². The Labute approximate surface area is 188 Å². The number of H-pyrrole nitrogens is 2. The van der Waals surface area contributed by atoms with E-state index in [1.165, 1.54) is 6.07 Å². The molecule has 4 aromatic rings. The van der Waals surface area contributed by atoms with Gasteiger partial charge in [-0.2, -0.15) is 0 Å². The number of anilines is 1. The highest BCUT2D eigenvalue weighted by molar-refractivity contribution is 7.99. The van der Waals surface area contributed by atoms with Crippen molar-refractivity contribution < 1.29 is 13.6 Å². The molecule has 0 fully saturated rings. The molecule has 1 amide bonds. The number of aromatic nitrogens is 5. The molecule has 0 unspecified atom stereocenters. The number of para-hydroxylation sites is 1. The van der Waals surface area contributed by atoms with Crippen molar-refractivity contribution in [3.8, 4) is 5.69 Å². The Hall–Kier alpha value is -4.06. The van der Waals surface area contributed by atoms with Crippen molar-refractivity contribution in [1.29, 1.82) is 0 Å². The fourth-order valence-electron chi connectivity index (χ4n) is 3.04. The first-order valence-electron chi connectivity index (χ1n) is 9.59. The first kappa shape index (κ1) is 22.1. The van der Waals surface area contributed by atoms with E-state index in [1.54, 1.807) is 4.57 Å². The van der Waals surface area contributed by atoms with Crippen molar-refractivity contribution in [1.82, 2.24) is 24.7 Å². The second kappa shape index (κ2) is 9.61. The molecule has 0 aliphatic heterocycles. The summed E-state index contributed by atoms with van der Waals surface area (Å²) in [6, 6.07) is 13.2. The lowest BCUT2D eigenvalue weighted by Crippen LogP contribution is -2.23. The zero-order valence-electron chi connectivity index (χ0n) is 16.8. The second-order valence-electron chi connectivity index (χ2n) is 6.82. The van der Waals surface area contributed by atoms with Crippen LogP contribution in [0.15, 0.2) is 69.3 Å². The largest absolute Gasteiger partial charge is 0.325 e. The monoisotopic (exact) mass is 470 g/mol. The zero-order chi connectivity index (χ0) is 23.4. The van der Waals surface area contributed by atoms with Crippen LogP contribution in [-0.2, 0) is 11.2 Å². The molecule has 0 radical (unpaired) electrons.